The van der Waals surface area contributed by atoms with E-state index in [1.165, 1.54) is 0 Å². The first-order valence-corrected chi connectivity index (χ1v) is 8.17. The monoisotopic (exact) mass is 377 g/mol. The normalized spacial score (nSPS) is 14.4. The van der Waals surface area contributed by atoms with E-state index < -0.39 is 0 Å². The molecule has 5 nitrogen and oxygen atoms in total. The molecule has 0 atom stereocenters. The van der Waals surface area contributed by atoms with Gasteiger partial charge in [0.15, 0.2) is 0 Å². The molecule has 1 N–H and O–H groups in total. The molecule has 1 aliphatic rings. The molecule has 0 unspecified atom stereocenters. The number of hydrogen-bond donors (Lipinski definition) is 1. The Kier molecular flexibility index (Phi) is 5.52. The Morgan fingerprint density at radius 2 is 2.14 bits per heavy atom. The first-order valence-electron chi connectivity index (χ1n) is 6.39. The topological polar surface area (TPSA) is 82.3 Å². The largest absolute Gasteiger partial charge is 0.325 e. The van der Waals surface area contributed by atoms with Gasteiger partial charge in [-0.1, -0.05) is 27.7 Å². The van der Waals surface area contributed by atoms with Crippen LogP contribution in [0.25, 0.3) is 0 Å². The number of nitriles is 1. The second-order valence-electron chi connectivity index (χ2n) is 4.60. The molecule has 1 heterocycles. The highest BCUT2D eigenvalue weighted by Gasteiger charge is 2.20. The summed E-state index contributed by atoms with van der Waals surface area (Å²) in [6, 6.07) is 9.25. The van der Waals surface area contributed by atoms with Crippen LogP contribution in [0.3, 0.4) is 0 Å². The molecule has 0 aromatic heterocycles. The minimum Gasteiger partial charge on any atom is -0.325 e. The van der Waals surface area contributed by atoms with Crippen molar-refractivity contribution in [1.82, 2.24) is 0 Å². The van der Waals surface area contributed by atoms with E-state index in [-0.39, 0.29) is 24.0 Å². The van der Waals surface area contributed by atoms with Crippen LogP contribution in [0.1, 0.15) is 13.3 Å². The first kappa shape index (κ1) is 16.5. The standard InChI is InChI=1S/C15H12BrN3O2S/c1-9-6-13(20)19-15(12(9)7-17)22-8-14(21)18-11-4-2-10(16)3-5-11/h2-5H,6,8H2,1H3,(H,18,21). The summed E-state index contributed by atoms with van der Waals surface area (Å²) < 4.78 is 0.925. The second kappa shape index (κ2) is 7.38. The number of hydrogen-bond acceptors (Lipinski definition) is 4. The summed E-state index contributed by atoms with van der Waals surface area (Å²) in [6.45, 7) is 1.73. The molecule has 1 aliphatic heterocycles. The molecule has 0 radical (unpaired) electrons. The van der Waals surface area contributed by atoms with Crippen LogP contribution in [0, 0.1) is 11.3 Å². The Morgan fingerprint density at radius 1 is 1.45 bits per heavy atom. The zero-order valence-electron chi connectivity index (χ0n) is 11.7. The highest BCUT2D eigenvalue weighted by molar-refractivity contribution is 9.10. The van der Waals surface area contributed by atoms with Gasteiger partial charge in [0, 0.05) is 10.2 Å². The van der Waals surface area contributed by atoms with Crippen LogP contribution in [-0.4, -0.2) is 22.6 Å². The first-order chi connectivity index (χ1) is 10.5. The third-order valence-corrected chi connectivity index (χ3v) is 4.37. The molecule has 7 heteroatoms. The molecule has 22 heavy (non-hydrogen) atoms. The van der Waals surface area contributed by atoms with Crippen LogP contribution in [0.5, 0.6) is 0 Å². The molecule has 1 aromatic carbocycles. The van der Waals surface area contributed by atoms with E-state index in [2.05, 4.69) is 26.2 Å². The van der Waals surface area contributed by atoms with Gasteiger partial charge in [0.25, 0.3) is 5.91 Å². The number of carbonyl (C=O) groups excluding carboxylic acids is 2. The summed E-state index contributed by atoms with van der Waals surface area (Å²) >= 11 is 4.42. The van der Waals surface area contributed by atoms with E-state index in [0.717, 1.165) is 16.2 Å². The lowest BCUT2D eigenvalue weighted by Crippen LogP contribution is -2.18. The van der Waals surface area contributed by atoms with E-state index >= 15 is 0 Å². The van der Waals surface area contributed by atoms with Crippen molar-refractivity contribution in [2.45, 2.75) is 13.3 Å². The van der Waals surface area contributed by atoms with Gasteiger partial charge in [0.2, 0.25) is 5.91 Å². The number of nitrogens with one attached hydrogen (secondary N) is 1. The Bertz CT molecular complexity index is 717. The number of anilines is 1. The summed E-state index contributed by atoms with van der Waals surface area (Å²) in [5.74, 6) is -0.420. The van der Waals surface area contributed by atoms with Crippen molar-refractivity contribution in [3.8, 4) is 6.07 Å². The van der Waals surface area contributed by atoms with Crippen LogP contribution in [0.4, 0.5) is 5.69 Å². The van der Waals surface area contributed by atoms with E-state index in [0.29, 0.717) is 21.9 Å². The average molecular weight is 378 g/mol. The fourth-order valence-corrected chi connectivity index (χ4v) is 2.95. The van der Waals surface area contributed by atoms with Gasteiger partial charge < -0.3 is 5.32 Å². The molecule has 2 amide bonds. The van der Waals surface area contributed by atoms with E-state index in [4.69, 9.17) is 5.26 Å². The average Bonchev–Trinajstić information content (AvgIpc) is 2.47. The van der Waals surface area contributed by atoms with Crippen LogP contribution >= 0.6 is 27.7 Å². The lowest BCUT2D eigenvalue weighted by atomic mass is 10.1. The van der Waals surface area contributed by atoms with Crippen LogP contribution in [-0.2, 0) is 9.59 Å². The maximum Gasteiger partial charge on any atom is 0.250 e. The molecule has 0 aliphatic carbocycles. The SMILES string of the molecule is CC1=C(C#N)C(SCC(=O)Nc2ccc(Br)cc2)=NC(=O)C1. The van der Waals surface area contributed by atoms with E-state index in [1.807, 2.05) is 18.2 Å². The lowest BCUT2D eigenvalue weighted by molar-refractivity contribution is -0.117. The molecule has 0 saturated carbocycles. The van der Waals surface area contributed by atoms with Crippen molar-refractivity contribution in [3.63, 3.8) is 0 Å². The number of dihydropyridines is 1. The Balaban J connectivity index is 1.97. The van der Waals surface area contributed by atoms with Crippen LogP contribution in [0.15, 0.2) is 44.9 Å². The number of thioether (sulfide) groups is 1. The van der Waals surface area contributed by atoms with Gasteiger partial charge >= 0.3 is 0 Å². The summed E-state index contributed by atoms with van der Waals surface area (Å²) in [5, 5.41) is 12.2. The highest BCUT2D eigenvalue weighted by atomic mass is 79.9. The fourth-order valence-electron chi connectivity index (χ4n) is 1.82. The maximum absolute atomic E-state index is 11.9. The summed E-state index contributed by atoms with van der Waals surface area (Å²) in [4.78, 5) is 27.2. The van der Waals surface area contributed by atoms with Gasteiger partial charge in [-0.2, -0.15) is 5.26 Å². The maximum atomic E-state index is 11.9. The Labute approximate surface area is 140 Å². The third-order valence-electron chi connectivity index (χ3n) is 2.86. The number of aliphatic imine (C=N–C) groups is 1. The van der Waals surface area contributed by atoms with Crippen molar-refractivity contribution < 1.29 is 9.59 Å². The van der Waals surface area contributed by atoms with Gasteiger partial charge in [-0.15, -0.1) is 0 Å². The molecule has 112 valence electrons. The predicted molar refractivity (Wildman–Crippen MR) is 90.6 cm³/mol. The minimum absolute atomic E-state index is 0.0840. The van der Waals surface area contributed by atoms with Crippen molar-refractivity contribution >= 4 is 50.2 Å². The fraction of sp³-hybridized carbons (Fsp3) is 0.200. The van der Waals surface area contributed by atoms with E-state index in [1.54, 1.807) is 19.1 Å². The molecular formula is C15H12BrN3O2S. The van der Waals surface area contributed by atoms with Crippen molar-refractivity contribution in [1.29, 1.82) is 5.26 Å². The summed E-state index contributed by atoms with van der Waals surface area (Å²) in [6.07, 6.45) is 0.165. The minimum atomic E-state index is -0.285. The van der Waals surface area contributed by atoms with Gasteiger partial charge in [-0.3, -0.25) is 9.59 Å². The molecule has 2 rings (SSSR count). The van der Waals surface area contributed by atoms with Gasteiger partial charge in [-0.05, 0) is 36.8 Å². The van der Waals surface area contributed by atoms with Crippen molar-refractivity contribution in [3.05, 3.63) is 39.9 Å². The molecule has 0 bridgehead atoms. The third kappa shape index (κ3) is 4.29. The summed E-state index contributed by atoms with van der Waals surface area (Å²) in [7, 11) is 0. The quantitative estimate of drug-likeness (QED) is 0.875. The second-order valence-corrected chi connectivity index (χ2v) is 6.48. The number of amides is 2. The molecule has 0 fully saturated rings. The van der Waals surface area contributed by atoms with Gasteiger partial charge in [0.05, 0.1) is 17.7 Å². The van der Waals surface area contributed by atoms with Crippen molar-refractivity contribution in [2.24, 2.45) is 4.99 Å². The Hall–Kier alpha value is -1.91. The zero-order valence-corrected chi connectivity index (χ0v) is 14.1. The van der Waals surface area contributed by atoms with Gasteiger partial charge in [-0.25, -0.2) is 4.99 Å². The molecular weight excluding hydrogens is 366 g/mol. The van der Waals surface area contributed by atoms with Crippen LogP contribution in [0.2, 0.25) is 0 Å². The number of rotatable bonds is 3. The van der Waals surface area contributed by atoms with Crippen LogP contribution < -0.4 is 5.32 Å². The molecule has 0 spiro atoms. The predicted octanol–water partition coefficient (Wildman–Crippen LogP) is 3.29. The zero-order chi connectivity index (χ0) is 16.1. The number of nitrogens with zero attached hydrogens (tertiary/aromatic N) is 2. The highest BCUT2D eigenvalue weighted by Crippen LogP contribution is 2.23. The Morgan fingerprint density at radius 3 is 2.77 bits per heavy atom. The lowest BCUT2D eigenvalue weighted by Gasteiger charge is -2.12. The summed E-state index contributed by atoms with van der Waals surface area (Å²) in [5.41, 5.74) is 1.77. The number of carbonyl (C=O) groups is 2. The molecule has 1 aromatic rings. The number of halogens is 1. The number of benzene rings is 1. The van der Waals surface area contributed by atoms with E-state index in [9.17, 15) is 9.59 Å². The smallest absolute Gasteiger partial charge is 0.250 e. The van der Waals surface area contributed by atoms with Gasteiger partial charge in [0.1, 0.15) is 11.1 Å². The molecule has 0 saturated heterocycles. The van der Waals surface area contributed by atoms with Crippen molar-refractivity contribution in [2.75, 3.05) is 11.1 Å².